The van der Waals surface area contributed by atoms with Gasteiger partial charge in [0.2, 0.25) is 10.0 Å². The smallest absolute Gasteiger partial charge is 0.383 e. The molecular weight excluding hydrogens is 404 g/mol. The maximum atomic E-state index is 12.9. The number of rotatable bonds is 6. The lowest BCUT2D eigenvalue weighted by Gasteiger charge is -2.28. The van der Waals surface area contributed by atoms with Crippen LogP contribution in [0.4, 0.5) is 13.2 Å². The van der Waals surface area contributed by atoms with Crippen molar-refractivity contribution in [2.75, 3.05) is 26.8 Å². The zero-order chi connectivity index (χ0) is 18.0. The predicted molar refractivity (Wildman–Crippen MR) is 90.7 cm³/mol. The predicted octanol–water partition coefficient (Wildman–Crippen LogP) is 2.83. The lowest BCUT2D eigenvalue weighted by molar-refractivity contribution is -0.137. The van der Waals surface area contributed by atoms with Crippen LogP contribution in [0.3, 0.4) is 0 Å². The van der Waals surface area contributed by atoms with Gasteiger partial charge in [-0.1, -0.05) is 11.6 Å². The Bertz CT molecular complexity index is 693. The van der Waals surface area contributed by atoms with Crippen molar-refractivity contribution in [2.24, 2.45) is 0 Å². The van der Waals surface area contributed by atoms with E-state index in [-0.39, 0.29) is 19.0 Å². The van der Waals surface area contributed by atoms with Crippen molar-refractivity contribution < 1.29 is 26.3 Å². The van der Waals surface area contributed by atoms with E-state index in [0.29, 0.717) is 19.1 Å². The molecule has 1 fully saturated rings. The van der Waals surface area contributed by atoms with E-state index in [2.05, 4.69) is 10.0 Å². The zero-order valence-corrected chi connectivity index (χ0v) is 15.7. The molecule has 1 aromatic carbocycles. The van der Waals surface area contributed by atoms with Gasteiger partial charge in [-0.3, -0.25) is 0 Å². The molecule has 1 unspecified atom stereocenters. The molecule has 1 aliphatic rings. The molecular formula is C14H19Cl2F3N2O3S. The van der Waals surface area contributed by atoms with Crippen LogP contribution in [0, 0.1) is 0 Å². The number of hydrogen-bond donors (Lipinski definition) is 2. The van der Waals surface area contributed by atoms with Crippen LogP contribution in [0.25, 0.3) is 0 Å². The van der Waals surface area contributed by atoms with Gasteiger partial charge < -0.3 is 10.1 Å². The second-order valence-electron chi connectivity index (χ2n) is 5.71. The average molecular weight is 423 g/mol. The molecule has 2 rings (SSSR count). The Hall–Kier alpha value is -0.580. The second kappa shape index (κ2) is 8.41. The monoisotopic (exact) mass is 422 g/mol. The van der Waals surface area contributed by atoms with Crippen molar-refractivity contribution in [2.45, 2.75) is 29.5 Å². The molecule has 5 nitrogen and oxygen atoms in total. The summed E-state index contributed by atoms with van der Waals surface area (Å²) in [5, 5.41) is 2.64. The van der Waals surface area contributed by atoms with Crippen molar-refractivity contribution in [3.8, 4) is 0 Å². The standard InChI is InChI=1S/C14H18ClF3N2O3S.ClH/c1-23-9-13(5-2-6-19-13)8-20-24(21,22)10-3-4-12(15)11(7-10)14(16,17)18;/h3-4,7,19-20H,2,5-6,8-9H2,1H3;1H. The number of hydrogen-bond acceptors (Lipinski definition) is 4. The molecule has 1 saturated heterocycles. The molecule has 1 heterocycles. The van der Waals surface area contributed by atoms with Gasteiger partial charge >= 0.3 is 6.18 Å². The first-order valence-corrected chi connectivity index (χ1v) is 9.06. The zero-order valence-electron chi connectivity index (χ0n) is 13.3. The van der Waals surface area contributed by atoms with Gasteiger partial charge in [-0.05, 0) is 37.6 Å². The van der Waals surface area contributed by atoms with Crippen LogP contribution in [0.15, 0.2) is 23.1 Å². The minimum Gasteiger partial charge on any atom is -0.383 e. The van der Waals surface area contributed by atoms with E-state index >= 15 is 0 Å². The molecule has 1 atom stereocenters. The van der Waals surface area contributed by atoms with Gasteiger partial charge in [0.15, 0.2) is 0 Å². The van der Waals surface area contributed by atoms with E-state index in [1.165, 1.54) is 7.11 Å². The molecule has 0 bridgehead atoms. The van der Waals surface area contributed by atoms with Gasteiger partial charge in [0.05, 0.1) is 27.6 Å². The van der Waals surface area contributed by atoms with Crippen molar-refractivity contribution in [1.29, 1.82) is 0 Å². The number of halogens is 5. The largest absolute Gasteiger partial charge is 0.417 e. The maximum Gasteiger partial charge on any atom is 0.417 e. The number of alkyl halides is 3. The number of methoxy groups -OCH3 is 1. The summed E-state index contributed by atoms with van der Waals surface area (Å²) >= 11 is 5.51. The fourth-order valence-electron chi connectivity index (χ4n) is 2.68. The highest BCUT2D eigenvalue weighted by molar-refractivity contribution is 7.89. The van der Waals surface area contributed by atoms with E-state index in [4.69, 9.17) is 16.3 Å². The molecule has 2 N–H and O–H groups in total. The third kappa shape index (κ3) is 5.45. The molecule has 11 heteroatoms. The molecule has 0 aliphatic carbocycles. The minimum atomic E-state index is -4.73. The first-order chi connectivity index (χ1) is 11.1. The topological polar surface area (TPSA) is 67.4 Å². The van der Waals surface area contributed by atoms with Gasteiger partial charge in [0, 0.05) is 13.7 Å². The first-order valence-electron chi connectivity index (χ1n) is 7.20. The van der Waals surface area contributed by atoms with Crippen molar-refractivity contribution in [1.82, 2.24) is 10.0 Å². The van der Waals surface area contributed by atoms with Gasteiger partial charge in [0.1, 0.15) is 0 Å². The first kappa shape index (κ1) is 22.5. The summed E-state index contributed by atoms with van der Waals surface area (Å²) in [6, 6.07) is 2.51. The Kier molecular flexibility index (Phi) is 7.55. The molecule has 1 aromatic rings. The molecule has 0 aromatic heterocycles. The van der Waals surface area contributed by atoms with Crippen LogP contribution in [-0.2, 0) is 20.9 Å². The Morgan fingerprint density at radius 3 is 2.60 bits per heavy atom. The van der Waals surface area contributed by atoms with Crippen molar-refractivity contribution in [3.63, 3.8) is 0 Å². The Morgan fingerprint density at radius 2 is 2.08 bits per heavy atom. The van der Waals surface area contributed by atoms with E-state index in [1.807, 2.05) is 0 Å². The van der Waals surface area contributed by atoms with Gasteiger partial charge in [-0.2, -0.15) is 13.2 Å². The Morgan fingerprint density at radius 1 is 1.40 bits per heavy atom. The summed E-state index contributed by atoms with van der Waals surface area (Å²) in [6.07, 6.45) is -3.16. The summed E-state index contributed by atoms with van der Waals surface area (Å²) in [7, 11) is -2.60. The summed E-state index contributed by atoms with van der Waals surface area (Å²) in [5.41, 5.74) is -1.74. The molecule has 1 aliphatic heterocycles. The van der Waals surface area contributed by atoms with Crippen LogP contribution >= 0.6 is 24.0 Å². The molecule has 0 saturated carbocycles. The normalized spacial score (nSPS) is 21.2. The van der Waals surface area contributed by atoms with Crippen LogP contribution in [0.1, 0.15) is 18.4 Å². The number of sulfonamides is 1. The fraction of sp³-hybridized carbons (Fsp3) is 0.571. The SMILES string of the molecule is COCC1(CNS(=O)(=O)c2ccc(Cl)c(C(F)(F)F)c2)CCCN1.Cl. The van der Waals surface area contributed by atoms with E-state index in [1.54, 1.807) is 0 Å². The van der Waals surface area contributed by atoms with Crippen LogP contribution in [0.5, 0.6) is 0 Å². The summed E-state index contributed by atoms with van der Waals surface area (Å²) < 4.78 is 70.8. The lowest BCUT2D eigenvalue weighted by atomic mass is 9.99. The van der Waals surface area contributed by atoms with Gasteiger partial charge in [-0.25, -0.2) is 13.1 Å². The quantitative estimate of drug-likeness (QED) is 0.739. The number of nitrogens with one attached hydrogen (secondary N) is 2. The van der Waals surface area contributed by atoms with Crippen molar-refractivity contribution >= 4 is 34.0 Å². The fourth-order valence-corrected chi connectivity index (χ4v) is 4.05. The highest BCUT2D eigenvalue weighted by atomic mass is 35.5. The molecule has 144 valence electrons. The maximum absolute atomic E-state index is 12.9. The van der Waals surface area contributed by atoms with E-state index in [0.717, 1.165) is 25.1 Å². The Balaban J connectivity index is 0.00000312. The third-order valence-electron chi connectivity index (χ3n) is 3.91. The lowest BCUT2D eigenvalue weighted by Crippen LogP contribution is -2.52. The van der Waals surface area contributed by atoms with Crippen LogP contribution in [0.2, 0.25) is 5.02 Å². The van der Waals surface area contributed by atoms with Gasteiger partial charge in [0.25, 0.3) is 0 Å². The highest BCUT2D eigenvalue weighted by Gasteiger charge is 2.36. The Labute approximate surface area is 155 Å². The van der Waals surface area contributed by atoms with Gasteiger partial charge in [-0.15, -0.1) is 12.4 Å². The van der Waals surface area contributed by atoms with E-state index < -0.39 is 37.2 Å². The van der Waals surface area contributed by atoms with Crippen molar-refractivity contribution in [3.05, 3.63) is 28.8 Å². The summed E-state index contributed by atoms with van der Waals surface area (Å²) in [6.45, 7) is 1.04. The van der Waals surface area contributed by atoms with Crippen LogP contribution < -0.4 is 10.0 Å². The number of ether oxygens (including phenoxy) is 1. The minimum absolute atomic E-state index is 0. The second-order valence-corrected chi connectivity index (χ2v) is 7.88. The summed E-state index contributed by atoms with van der Waals surface area (Å²) in [5.74, 6) is 0. The number of benzene rings is 1. The molecule has 0 spiro atoms. The molecule has 0 amide bonds. The highest BCUT2D eigenvalue weighted by Crippen LogP contribution is 2.36. The van der Waals surface area contributed by atoms with Crippen LogP contribution in [-0.4, -0.2) is 40.8 Å². The third-order valence-corrected chi connectivity index (χ3v) is 5.64. The van der Waals surface area contributed by atoms with E-state index in [9.17, 15) is 21.6 Å². The summed E-state index contributed by atoms with van der Waals surface area (Å²) in [4.78, 5) is -0.482. The molecule has 25 heavy (non-hydrogen) atoms. The average Bonchev–Trinajstić information content (AvgIpc) is 2.94. The molecule has 0 radical (unpaired) electrons.